The zero-order valence-corrected chi connectivity index (χ0v) is 27.5. The van der Waals surface area contributed by atoms with Crippen LogP contribution in [0.1, 0.15) is 63.5 Å². The molecule has 8 heteroatoms. The number of hydrogen-bond donors (Lipinski definition) is 2. The molecule has 0 saturated carbocycles. The van der Waals surface area contributed by atoms with Gasteiger partial charge in [0, 0.05) is 31.1 Å². The van der Waals surface area contributed by atoms with Crippen molar-refractivity contribution < 1.29 is 24.4 Å². The number of carbonyl (C=O) groups is 2. The van der Waals surface area contributed by atoms with Gasteiger partial charge >= 0.3 is 7.12 Å². The smallest absolute Gasteiger partial charge is 0.455 e. The Morgan fingerprint density at radius 2 is 1.68 bits per heavy atom. The van der Waals surface area contributed by atoms with Gasteiger partial charge in [-0.25, -0.2) is 0 Å². The summed E-state index contributed by atoms with van der Waals surface area (Å²) in [5.74, 6) is -0.742. The van der Waals surface area contributed by atoms with Crippen LogP contribution in [-0.2, 0) is 20.8 Å². The number of nitrogens with zero attached hydrogens (tertiary/aromatic N) is 2. The molecule has 2 N–H and O–H groups in total. The lowest BCUT2D eigenvalue weighted by Crippen LogP contribution is -2.48. The second-order valence-electron chi connectivity index (χ2n) is 13.9. The summed E-state index contributed by atoms with van der Waals surface area (Å²) in [4.78, 5) is 32.1. The number of phenols is 1. The van der Waals surface area contributed by atoms with E-state index < -0.39 is 13.0 Å². The van der Waals surface area contributed by atoms with Crippen molar-refractivity contribution in [2.75, 3.05) is 13.1 Å². The first kappa shape index (κ1) is 31.9. The highest BCUT2D eigenvalue weighted by atomic mass is 16.5. The molecule has 7 rings (SSSR count). The largest absolute Gasteiger partial charge is 0.507 e. The Balaban J connectivity index is 1.06. The van der Waals surface area contributed by atoms with E-state index in [1.54, 1.807) is 11.0 Å². The minimum Gasteiger partial charge on any atom is -0.507 e. The van der Waals surface area contributed by atoms with Crippen LogP contribution in [0.3, 0.4) is 0 Å². The molecule has 4 aliphatic rings. The average molecular weight is 633 g/mol. The number of rotatable bonds is 8. The van der Waals surface area contributed by atoms with Gasteiger partial charge in [0.1, 0.15) is 5.75 Å². The molecule has 1 aliphatic carbocycles. The lowest BCUT2D eigenvalue weighted by molar-refractivity contribution is -0.144. The van der Waals surface area contributed by atoms with Gasteiger partial charge in [0.05, 0.1) is 17.9 Å². The van der Waals surface area contributed by atoms with Crippen LogP contribution in [0.25, 0.3) is 16.8 Å². The number of aromatic hydroxyl groups is 1. The van der Waals surface area contributed by atoms with E-state index in [-0.39, 0.29) is 41.5 Å². The third kappa shape index (κ3) is 6.19. The van der Waals surface area contributed by atoms with Gasteiger partial charge in [0.15, 0.2) is 0 Å². The number of likely N-dealkylation sites (tertiary alicyclic amines) is 2. The van der Waals surface area contributed by atoms with Crippen LogP contribution in [-0.4, -0.2) is 64.1 Å². The molecule has 244 valence electrons. The van der Waals surface area contributed by atoms with E-state index >= 15 is 0 Å². The van der Waals surface area contributed by atoms with Gasteiger partial charge in [0.2, 0.25) is 11.8 Å². The third-order valence-electron chi connectivity index (χ3n) is 11.1. The van der Waals surface area contributed by atoms with Gasteiger partial charge in [-0.05, 0) is 85.8 Å². The lowest BCUT2D eigenvalue weighted by Gasteiger charge is -2.42. The summed E-state index contributed by atoms with van der Waals surface area (Å²) in [6.45, 7) is 6.84. The van der Waals surface area contributed by atoms with Gasteiger partial charge in [-0.15, -0.1) is 0 Å². The summed E-state index contributed by atoms with van der Waals surface area (Å²) in [6.07, 6.45) is 6.77. The number of imide groups is 1. The molecule has 0 unspecified atom stereocenters. The van der Waals surface area contributed by atoms with Crippen LogP contribution in [0, 0.1) is 17.8 Å². The number of benzene rings is 3. The van der Waals surface area contributed by atoms with Crippen LogP contribution in [0.5, 0.6) is 5.75 Å². The Bertz CT molecular complexity index is 1710. The molecule has 3 heterocycles. The Morgan fingerprint density at radius 1 is 0.957 bits per heavy atom. The molecule has 0 radical (unpaired) electrons. The summed E-state index contributed by atoms with van der Waals surface area (Å²) < 4.78 is 6.19. The van der Waals surface area contributed by atoms with E-state index in [1.165, 1.54) is 11.1 Å². The number of carbonyl (C=O) groups excluding carboxylic acids is 2. The number of piperidine rings is 1. The van der Waals surface area contributed by atoms with Crippen LogP contribution in [0.2, 0.25) is 6.32 Å². The summed E-state index contributed by atoms with van der Waals surface area (Å²) in [6, 6.07) is 22.0. The van der Waals surface area contributed by atoms with Crippen molar-refractivity contribution in [2.45, 2.75) is 77.4 Å². The normalized spacial score (nSPS) is 25.9. The zero-order valence-electron chi connectivity index (χ0n) is 27.5. The van der Waals surface area contributed by atoms with Crippen LogP contribution >= 0.6 is 0 Å². The molecule has 47 heavy (non-hydrogen) atoms. The van der Waals surface area contributed by atoms with E-state index in [0.717, 1.165) is 72.8 Å². The second kappa shape index (κ2) is 13.4. The first-order chi connectivity index (χ1) is 22.8. The first-order valence-corrected chi connectivity index (χ1v) is 17.4. The molecule has 3 fully saturated rings. The van der Waals surface area contributed by atoms with E-state index in [1.807, 2.05) is 36.4 Å². The van der Waals surface area contributed by atoms with Gasteiger partial charge in [-0.2, -0.15) is 0 Å². The van der Waals surface area contributed by atoms with Crippen molar-refractivity contribution in [2.24, 2.45) is 17.8 Å². The van der Waals surface area contributed by atoms with Gasteiger partial charge in [-0.3, -0.25) is 19.4 Å². The number of allylic oxidation sites excluding steroid dienone is 2. The van der Waals surface area contributed by atoms with E-state index in [9.17, 15) is 19.7 Å². The fraction of sp³-hybridized carbons (Fsp3) is 0.436. The zero-order chi connectivity index (χ0) is 32.7. The Morgan fingerprint density at radius 3 is 2.43 bits per heavy atom. The summed E-state index contributed by atoms with van der Waals surface area (Å²) in [5, 5.41) is 23.1. The van der Waals surface area contributed by atoms with E-state index in [4.69, 9.17) is 4.65 Å². The topological polar surface area (TPSA) is 90.3 Å². The van der Waals surface area contributed by atoms with Gasteiger partial charge in [0.25, 0.3) is 0 Å². The predicted molar refractivity (Wildman–Crippen MR) is 185 cm³/mol. The Kier molecular flexibility index (Phi) is 9.10. The molecular formula is C39H45BN2O5. The molecule has 3 aliphatic heterocycles. The second-order valence-corrected chi connectivity index (χ2v) is 13.9. The maximum Gasteiger partial charge on any atom is 0.455 e. The van der Waals surface area contributed by atoms with Crippen LogP contribution in [0.4, 0.5) is 0 Å². The molecule has 2 amide bonds. The number of phenolic OH excluding ortho intramolecular Hbond substituents is 1. The first-order valence-electron chi connectivity index (χ1n) is 17.4. The Hall–Kier alpha value is -3.72. The van der Waals surface area contributed by atoms with Crippen LogP contribution in [0.15, 0.2) is 83.4 Å². The van der Waals surface area contributed by atoms with Gasteiger partial charge < -0.3 is 14.8 Å². The SMILES string of the molecule is CC/C(=C\c1ccc(O)c2ccccc12)CC[C@H]1OB(O)C[C@H]2C1=C(C)C[C@H]1C(=O)N(C3CCN(Cc4ccccc4)CC3)C(=O)[C@H]12. The molecule has 0 spiro atoms. The van der Waals surface area contributed by atoms with Gasteiger partial charge in [-0.1, -0.05) is 84.8 Å². The fourth-order valence-corrected chi connectivity index (χ4v) is 8.80. The predicted octanol–water partition coefficient (Wildman–Crippen LogP) is 6.60. The molecule has 7 nitrogen and oxygen atoms in total. The minimum atomic E-state index is -0.964. The number of amides is 2. The molecule has 3 aromatic carbocycles. The summed E-state index contributed by atoms with van der Waals surface area (Å²) in [7, 11) is -0.964. The number of hydrogen-bond acceptors (Lipinski definition) is 6. The Labute approximate surface area is 278 Å². The highest BCUT2D eigenvalue weighted by Gasteiger charge is 2.58. The van der Waals surface area contributed by atoms with Crippen LogP contribution < -0.4 is 0 Å². The van der Waals surface area contributed by atoms with Crippen molar-refractivity contribution in [3.63, 3.8) is 0 Å². The fourth-order valence-electron chi connectivity index (χ4n) is 8.80. The molecule has 3 aromatic rings. The minimum absolute atomic E-state index is 0.0187. The maximum absolute atomic E-state index is 14.2. The highest BCUT2D eigenvalue weighted by molar-refractivity contribution is 6.43. The maximum atomic E-state index is 14.2. The quantitative estimate of drug-likeness (QED) is 0.165. The lowest BCUT2D eigenvalue weighted by atomic mass is 9.58. The molecule has 0 aromatic heterocycles. The van der Waals surface area contributed by atoms with Crippen molar-refractivity contribution in [3.8, 4) is 5.75 Å². The molecule has 0 bridgehead atoms. The van der Waals surface area contributed by atoms with Crippen molar-refractivity contribution in [1.82, 2.24) is 9.80 Å². The molecular weight excluding hydrogens is 587 g/mol. The third-order valence-corrected chi connectivity index (χ3v) is 11.1. The summed E-state index contributed by atoms with van der Waals surface area (Å²) in [5.41, 5.74) is 5.87. The summed E-state index contributed by atoms with van der Waals surface area (Å²) >= 11 is 0. The number of fused-ring (bicyclic) bond motifs is 4. The molecule has 4 atom stereocenters. The standard InChI is InChI=1S/C39H45BN2O5/c1-3-26(22-28-14-15-34(43)31-12-8-7-11-30(28)31)13-16-35-36-25(2)21-32-37(33(36)23-40(46)47-35)39(45)42(38(32)44)29-17-19-41(20-18-29)24-27-9-5-4-6-10-27/h4-12,14-15,22,29,32-33,35,37,43,46H,3,13,16-21,23-24H2,1-2H3/b26-22+/t32-,33+,35-,37-/m1/s1. The van der Waals surface area contributed by atoms with Crippen molar-refractivity contribution >= 4 is 35.8 Å². The monoisotopic (exact) mass is 632 g/mol. The van der Waals surface area contributed by atoms with E-state index in [0.29, 0.717) is 19.2 Å². The van der Waals surface area contributed by atoms with E-state index in [2.05, 4.69) is 49.1 Å². The average Bonchev–Trinajstić information content (AvgIpc) is 3.33. The molecule has 3 saturated heterocycles. The van der Waals surface area contributed by atoms with Crippen molar-refractivity contribution in [3.05, 3.63) is 94.6 Å². The highest BCUT2D eigenvalue weighted by Crippen LogP contribution is 2.51. The van der Waals surface area contributed by atoms with Crippen molar-refractivity contribution in [1.29, 1.82) is 0 Å².